The van der Waals surface area contributed by atoms with Gasteiger partial charge in [0.25, 0.3) is 6.47 Å². The average Bonchev–Trinajstić information content (AvgIpc) is 3.26. The Labute approximate surface area is 229 Å². The van der Waals surface area contributed by atoms with E-state index in [4.69, 9.17) is 19.9 Å². The molecule has 0 aromatic heterocycles. The Balaban J connectivity index is -0.0000000193. The van der Waals surface area contributed by atoms with Gasteiger partial charge in [0.2, 0.25) is 0 Å². The SMILES string of the molecule is C=CBr.C=CC.C=COC.CC1CO1.CO.O=CO[O-].[H-].[K+].[K+]. The van der Waals surface area contributed by atoms with Gasteiger partial charge >= 0.3 is 103 Å². The molecule has 0 aromatic rings. The molecule has 1 rings (SSSR count). The van der Waals surface area contributed by atoms with Crippen molar-refractivity contribution < 1.29 is 134 Å². The molecule has 124 valence electrons. The van der Waals surface area contributed by atoms with Crippen LogP contribution in [0.4, 0.5) is 0 Å². The molecule has 0 saturated carbocycles. The third-order valence-corrected chi connectivity index (χ3v) is 0.706. The second-order valence-electron chi connectivity index (χ2n) is 2.30. The van der Waals surface area contributed by atoms with Gasteiger partial charge in [-0.25, -0.2) is 0 Å². The van der Waals surface area contributed by atoms with Gasteiger partial charge in [-0.05, 0) is 18.8 Å². The molecule has 22 heavy (non-hydrogen) atoms. The van der Waals surface area contributed by atoms with Gasteiger partial charge in [-0.3, -0.25) is 4.79 Å². The van der Waals surface area contributed by atoms with E-state index < -0.39 is 0 Å². The molecular weight excluding hydrogens is 410 g/mol. The fraction of sp³-hybridized carbons (Fsp3) is 0.462. The van der Waals surface area contributed by atoms with Crippen LogP contribution in [-0.2, 0) is 19.2 Å². The summed E-state index contributed by atoms with van der Waals surface area (Å²) in [5, 5.41) is 15.4. The first kappa shape index (κ1) is 44.0. The van der Waals surface area contributed by atoms with Crippen molar-refractivity contribution in [2.45, 2.75) is 20.0 Å². The van der Waals surface area contributed by atoms with E-state index in [1.165, 1.54) is 6.26 Å². The smallest absolute Gasteiger partial charge is 1.00 e. The van der Waals surface area contributed by atoms with Crippen LogP contribution in [0.15, 0.2) is 37.1 Å². The first-order valence-corrected chi connectivity index (χ1v) is 6.18. The second kappa shape index (κ2) is 65.7. The van der Waals surface area contributed by atoms with Crippen LogP contribution in [0, 0.1) is 0 Å². The molecule has 1 aliphatic rings. The minimum Gasteiger partial charge on any atom is -1.00 e. The number of methoxy groups -OCH3 is 1. The molecule has 0 spiro atoms. The topological polar surface area (TPSA) is 91.3 Å². The van der Waals surface area contributed by atoms with Crippen LogP contribution < -0.4 is 108 Å². The minimum absolute atomic E-state index is 0. The van der Waals surface area contributed by atoms with E-state index in [2.05, 4.69) is 52.2 Å². The number of ether oxygens (including phenoxy) is 2. The molecule has 1 heterocycles. The summed E-state index contributed by atoms with van der Waals surface area (Å²) in [7, 11) is 2.56. The van der Waals surface area contributed by atoms with Gasteiger partial charge in [0, 0.05) is 7.11 Å². The van der Waals surface area contributed by atoms with Crippen molar-refractivity contribution in [3.8, 4) is 0 Å². The second-order valence-corrected chi connectivity index (χ2v) is 2.95. The van der Waals surface area contributed by atoms with E-state index >= 15 is 0 Å². The third-order valence-electron chi connectivity index (χ3n) is 0.706. The maximum atomic E-state index is 8.64. The van der Waals surface area contributed by atoms with Crippen molar-refractivity contribution in [2.24, 2.45) is 0 Å². The fourth-order valence-corrected chi connectivity index (χ4v) is 0.0962. The maximum absolute atomic E-state index is 8.64. The Morgan fingerprint density at radius 2 is 1.50 bits per heavy atom. The fourth-order valence-electron chi connectivity index (χ4n) is 0.0962. The number of allylic oxidation sites excluding steroid dienone is 1. The zero-order valence-electron chi connectivity index (χ0n) is 15.6. The third kappa shape index (κ3) is 195. The Bertz CT molecular complexity index is 174. The molecule has 1 aliphatic heterocycles. The number of halogens is 1. The number of hydrogen-bond acceptors (Lipinski definition) is 6. The average molecular weight is 437 g/mol. The minimum atomic E-state index is -0.181. The van der Waals surface area contributed by atoms with Crippen LogP contribution in [0.2, 0.25) is 0 Å². The summed E-state index contributed by atoms with van der Waals surface area (Å²) in [5.41, 5.74) is 0. The van der Waals surface area contributed by atoms with Crippen molar-refractivity contribution in [3.05, 3.63) is 37.1 Å². The standard InChI is InChI=1S/2C3H6O.C3H6.C2H3Br.CH2O3.CH4O.2K.H/c1-3-2-4-3;1-3-4-2;1-3-2;1-2-3;2-1-4-3;1-2;;;/h3H,2H2,1H3;3H,1H2,2H3;3H,1H2,2H3;2H,1H2;1,3H;2H,1H3;;;/q;;;;;;2*+1;-1/p-1. The van der Waals surface area contributed by atoms with Crippen molar-refractivity contribution in [2.75, 3.05) is 20.8 Å². The number of rotatable bonds is 2. The monoisotopic (exact) mass is 436 g/mol. The summed E-state index contributed by atoms with van der Waals surface area (Å²) in [6.07, 6.45) is 3.71. The summed E-state index contributed by atoms with van der Waals surface area (Å²) in [4.78, 5) is 12.8. The molecule has 1 saturated heterocycles. The Kier molecular flexibility index (Phi) is 131. The molecule has 1 unspecified atom stereocenters. The molecule has 0 aliphatic carbocycles. The van der Waals surface area contributed by atoms with Crippen molar-refractivity contribution in [3.63, 3.8) is 0 Å². The predicted molar refractivity (Wildman–Crippen MR) is 84.0 cm³/mol. The number of carbonyl (C=O) groups is 1. The maximum Gasteiger partial charge on any atom is 1.00 e. The molecule has 1 fully saturated rings. The van der Waals surface area contributed by atoms with Crippen molar-refractivity contribution in [1.29, 1.82) is 0 Å². The molecule has 0 bridgehead atoms. The van der Waals surface area contributed by atoms with Gasteiger partial charge in [0.05, 0.1) is 26.1 Å². The van der Waals surface area contributed by atoms with Crippen LogP contribution >= 0.6 is 15.9 Å². The number of aliphatic hydroxyl groups excluding tert-OH is 1. The first-order chi connectivity index (χ1) is 9.55. The quantitative estimate of drug-likeness (QED) is 0.0903. The van der Waals surface area contributed by atoms with Gasteiger partial charge in [-0.2, -0.15) is 0 Å². The van der Waals surface area contributed by atoms with Crippen LogP contribution in [0.25, 0.3) is 0 Å². The van der Waals surface area contributed by atoms with E-state index in [-0.39, 0.29) is 111 Å². The molecule has 6 nitrogen and oxygen atoms in total. The molecule has 1 atom stereocenters. The summed E-state index contributed by atoms with van der Waals surface area (Å²) in [6.45, 7) is 14.6. The number of aliphatic hydroxyl groups is 1. The van der Waals surface area contributed by atoms with Gasteiger partial charge in [0.1, 0.15) is 0 Å². The van der Waals surface area contributed by atoms with E-state index in [0.717, 1.165) is 13.7 Å². The van der Waals surface area contributed by atoms with Crippen molar-refractivity contribution >= 4 is 22.4 Å². The van der Waals surface area contributed by atoms with Crippen LogP contribution in [0.1, 0.15) is 15.3 Å². The molecule has 0 aromatic carbocycles. The van der Waals surface area contributed by atoms with Gasteiger partial charge < -0.3 is 26.2 Å². The van der Waals surface area contributed by atoms with Gasteiger partial charge in [-0.1, -0.05) is 35.2 Å². The molecular formula is C13H27BrK2O6. The van der Waals surface area contributed by atoms with Gasteiger partial charge in [-0.15, -0.1) is 6.58 Å². The van der Waals surface area contributed by atoms with E-state index in [1.807, 2.05) is 6.92 Å². The summed E-state index contributed by atoms with van der Waals surface area (Å²) < 4.78 is 9.01. The summed E-state index contributed by atoms with van der Waals surface area (Å²) in [6, 6.07) is 0. The Morgan fingerprint density at radius 3 is 1.50 bits per heavy atom. The van der Waals surface area contributed by atoms with E-state index in [1.54, 1.807) is 18.2 Å². The van der Waals surface area contributed by atoms with Gasteiger partial charge in [0.15, 0.2) is 0 Å². The van der Waals surface area contributed by atoms with Crippen LogP contribution in [0.5, 0.6) is 0 Å². The summed E-state index contributed by atoms with van der Waals surface area (Å²) >= 11 is 2.91. The predicted octanol–water partition coefficient (Wildman–Crippen LogP) is -3.94. The number of epoxide rings is 1. The Morgan fingerprint density at radius 1 is 1.36 bits per heavy atom. The van der Waals surface area contributed by atoms with E-state index in [9.17, 15) is 0 Å². The molecule has 0 amide bonds. The van der Waals surface area contributed by atoms with E-state index in [0.29, 0.717) is 6.10 Å². The molecule has 1 N–H and O–H groups in total. The first-order valence-electron chi connectivity index (χ1n) is 5.26. The van der Waals surface area contributed by atoms with Crippen LogP contribution in [0.3, 0.4) is 0 Å². The zero-order valence-corrected chi connectivity index (χ0v) is 22.4. The number of hydrogen-bond donors (Lipinski definition) is 1. The Hall–Kier alpha value is 2.12. The van der Waals surface area contributed by atoms with Crippen molar-refractivity contribution in [1.82, 2.24) is 0 Å². The van der Waals surface area contributed by atoms with Crippen LogP contribution in [-0.4, -0.2) is 38.5 Å². The largest absolute Gasteiger partial charge is 1.00 e. The zero-order chi connectivity index (χ0) is 17.2. The normalized spacial score (nSPS) is 10.6. The molecule has 9 heteroatoms. The summed E-state index contributed by atoms with van der Waals surface area (Å²) in [5.74, 6) is 0. The molecule has 0 radical (unpaired) electrons. The number of carbonyl (C=O) groups excluding carboxylic acids is 1.